The molecule has 0 aromatic heterocycles. The maximum Gasteiger partial charge on any atom is 0.307 e. The zero-order valence-electron chi connectivity index (χ0n) is 14.0. The van der Waals surface area contributed by atoms with Gasteiger partial charge in [-0.05, 0) is 48.8 Å². The van der Waals surface area contributed by atoms with E-state index in [1.54, 1.807) is 20.3 Å². The smallest absolute Gasteiger partial charge is 0.307 e. The van der Waals surface area contributed by atoms with E-state index in [1.807, 2.05) is 12.1 Å². The third kappa shape index (κ3) is 2.92. The van der Waals surface area contributed by atoms with Crippen LogP contribution in [0.5, 0.6) is 11.5 Å². The molecule has 3 rings (SSSR count). The van der Waals surface area contributed by atoms with E-state index < -0.39 is 17.8 Å². The first kappa shape index (κ1) is 16.6. The Morgan fingerprint density at radius 2 is 1.79 bits per heavy atom. The highest BCUT2D eigenvalue weighted by atomic mass is 16.5. The maximum atomic E-state index is 12.6. The van der Waals surface area contributed by atoms with Crippen LogP contribution in [0.1, 0.15) is 24.8 Å². The van der Waals surface area contributed by atoms with Crippen molar-refractivity contribution in [3.05, 3.63) is 23.8 Å². The van der Waals surface area contributed by atoms with Crippen molar-refractivity contribution in [3.63, 3.8) is 0 Å². The molecule has 2 fully saturated rings. The number of fused-ring (bicyclic) bond motifs is 2. The SMILES string of the molecule is COc1ccc(CNC(=O)C2C3CCC(C3)C2C(=O)O)cc1OC. The minimum Gasteiger partial charge on any atom is -0.493 e. The highest BCUT2D eigenvalue weighted by molar-refractivity contribution is 5.86. The van der Waals surface area contributed by atoms with Crippen LogP contribution >= 0.6 is 0 Å². The molecule has 0 radical (unpaired) electrons. The van der Waals surface area contributed by atoms with Gasteiger partial charge >= 0.3 is 5.97 Å². The van der Waals surface area contributed by atoms with Crippen LogP contribution in [-0.4, -0.2) is 31.2 Å². The summed E-state index contributed by atoms with van der Waals surface area (Å²) in [5, 5.41) is 12.4. The van der Waals surface area contributed by atoms with E-state index in [0.717, 1.165) is 24.8 Å². The summed E-state index contributed by atoms with van der Waals surface area (Å²) in [6.45, 7) is 0.347. The van der Waals surface area contributed by atoms with E-state index in [0.29, 0.717) is 18.0 Å². The molecule has 4 unspecified atom stereocenters. The molecule has 0 saturated heterocycles. The topological polar surface area (TPSA) is 84.9 Å². The van der Waals surface area contributed by atoms with Crippen LogP contribution in [0.4, 0.5) is 0 Å². The van der Waals surface area contributed by atoms with E-state index in [-0.39, 0.29) is 17.7 Å². The number of ether oxygens (including phenoxy) is 2. The lowest BCUT2D eigenvalue weighted by molar-refractivity contribution is -0.149. The fourth-order valence-electron chi connectivity index (χ4n) is 4.32. The molecule has 4 atom stereocenters. The van der Waals surface area contributed by atoms with E-state index >= 15 is 0 Å². The summed E-state index contributed by atoms with van der Waals surface area (Å²) in [7, 11) is 3.13. The molecule has 6 heteroatoms. The van der Waals surface area contributed by atoms with E-state index in [2.05, 4.69) is 5.32 Å². The second-order valence-electron chi connectivity index (χ2n) is 6.63. The van der Waals surface area contributed by atoms with Gasteiger partial charge in [0.25, 0.3) is 0 Å². The Labute approximate surface area is 141 Å². The average Bonchev–Trinajstić information content (AvgIpc) is 3.20. The maximum absolute atomic E-state index is 12.6. The zero-order valence-corrected chi connectivity index (χ0v) is 14.0. The predicted octanol–water partition coefficient (Wildman–Crippen LogP) is 2.07. The van der Waals surface area contributed by atoms with Crippen molar-refractivity contribution < 1.29 is 24.2 Å². The second-order valence-corrected chi connectivity index (χ2v) is 6.63. The van der Waals surface area contributed by atoms with Gasteiger partial charge in [0.15, 0.2) is 11.5 Å². The van der Waals surface area contributed by atoms with Gasteiger partial charge in [0, 0.05) is 6.54 Å². The van der Waals surface area contributed by atoms with Crippen molar-refractivity contribution >= 4 is 11.9 Å². The van der Waals surface area contributed by atoms with Crippen LogP contribution in [0.15, 0.2) is 18.2 Å². The van der Waals surface area contributed by atoms with Crippen molar-refractivity contribution in [1.82, 2.24) is 5.32 Å². The number of carbonyl (C=O) groups excluding carboxylic acids is 1. The predicted molar refractivity (Wildman–Crippen MR) is 86.8 cm³/mol. The number of aliphatic carboxylic acids is 1. The monoisotopic (exact) mass is 333 g/mol. The number of benzene rings is 1. The van der Waals surface area contributed by atoms with Crippen molar-refractivity contribution in [2.75, 3.05) is 14.2 Å². The molecule has 2 saturated carbocycles. The normalized spacial score (nSPS) is 27.8. The van der Waals surface area contributed by atoms with Gasteiger partial charge in [0.05, 0.1) is 26.1 Å². The second kappa shape index (κ2) is 6.71. The molecule has 1 aromatic rings. The quantitative estimate of drug-likeness (QED) is 0.832. The highest BCUT2D eigenvalue weighted by Gasteiger charge is 2.53. The lowest BCUT2D eigenvalue weighted by Gasteiger charge is -2.27. The third-order valence-electron chi connectivity index (χ3n) is 5.42. The first-order valence-electron chi connectivity index (χ1n) is 8.26. The fraction of sp³-hybridized carbons (Fsp3) is 0.556. The summed E-state index contributed by atoms with van der Waals surface area (Å²) in [5.41, 5.74) is 0.885. The number of carbonyl (C=O) groups is 2. The van der Waals surface area contributed by atoms with Crippen LogP contribution < -0.4 is 14.8 Å². The molecule has 6 nitrogen and oxygen atoms in total. The van der Waals surface area contributed by atoms with Gasteiger partial charge in [-0.1, -0.05) is 6.07 Å². The van der Waals surface area contributed by atoms with Crippen molar-refractivity contribution in [2.24, 2.45) is 23.7 Å². The summed E-state index contributed by atoms with van der Waals surface area (Å²) in [5.74, 6) is -0.321. The van der Waals surface area contributed by atoms with Gasteiger partial charge in [-0.2, -0.15) is 0 Å². The van der Waals surface area contributed by atoms with Crippen LogP contribution in [-0.2, 0) is 16.1 Å². The Morgan fingerprint density at radius 1 is 1.12 bits per heavy atom. The lowest BCUT2D eigenvalue weighted by Crippen LogP contribution is -2.41. The van der Waals surface area contributed by atoms with Crippen LogP contribution in [0.25, 0.3) is 0 Å². The molecule has 2 aliphatic rings. The summed E-state index contributed by atoms with van der Waals surface area (Å²) in [6, 6.07) is 5.46. The number of carboxylic acid groups (broad SMARTS) is 1. The first-order valence-corrected chi connectivity index (χ1v) is 8.26. The number of amides is 1. The number of nitrogens with one attached hydrogen (secondary N) is 1. The number of hydrogen-bond donors (Lipinski definition) is 2. The summed E-state index contributed by atoms with van der Waals surface area (Å²) >= 11 is 0. The molecule has 0 heterocycles. The van der Waals surface area contributed by atoms with Crippen molar-refractivity contribution in [3.8, 4) is 11.5 Å². The van der Waals surface area contributed by atoms with Gasteiger partial charge in [0.1, 0.15) is 0 Å². The Kier molecular flexibility index (Phi) is 4.64. The molecule has 0 spiro atoms. The lowest BCUT2D eigenvalue weighted by atomic mass is 9.78. The van der Waals surface area contributed by atoms with Crippen LogP contribution in [0.2, 0.25) is 0 Å². The largest absolute Gasteiger partial charge is 0.493 e. The minimum atomic E-state index is -0.839. The third-order valence-corrected chi connectivity index (χ3v) is 5.42. The van der Waals surface area contributed by atoms with E-state index in [1.165, 1.54) is 0 Å². The molecule has 0 aliphatic heterocycles. The molecule has 1 aromatic carbocycles. The fourth-order valence-corrected chi connectivity index (χ4v) is 4.32. The average molecular weight is 333 g/mol. The van der Waals surface area contributed by atoms with E-state index in [9.17, 15) is 14.7 Å². The molecule has 24 heavy (non-hydrogen) atoms. The Balaban J connectivity index is 1.66. The Bertz CT molecular complexity index is 644. The molecule has 1 amide bonds. The van der Waals surface area contributed by atoms with Crippen molar-refractivity contribution in [1.29, 1.82) is 0 Å². The minimum absolute atomic E-state index is 0.149. The molecule has 2 bridgehead atoms. The van der Waals surface area contributed by atoms with Gasteiger partial charge < -0.3 is 19.9 Å². The number of hydrogen-bond acceptors (Lipinski definition) is 4. The van der Waals surface area contributed by atoms with Crippen LogP contribution in [0, 0.1) is 23.7 Å². The number of rotatable bonds is 6. The molecular weight excluding hydrogens is 310 g/mol. The van der Waals surface area contributed by atoms with E-state index in [4.69, 9.17) is 9.47 Å². The molecular formula is C18H23NO5. The zero-order chi connectivity index (χ0) is 17.3. The summed E-state index contributed by atoms with van der Waals surface area (Å²) < 4.78 is 10.5. The van der Waals surface area contributed by atoms with Crippen molar-refractivity contribution in [2.45, 2.75) is 25.8 Å². The van der Waals surface area contributed by atoms with Crippen LogP contribution in [0.3, 0.4) is 0 Å². The Hall–Kier alpha value is -2.24. The standard InChI is InChI=1S/C18H23NO5/c1-23-13-6-3-10(7-14(13)24-2)9-19-17(20)15-11-4-5-12(8-11)16(15)18(21)22/h3,6-7,11-12,15-16H,4-5,8-9H2,1-2H3,(H,19,20)(H,21,22). The highest BCUT2D eigenvalue weighted by Crippen LogP contribution is 2.52. The number of methoxy groups -OCH3 is 2. The molecule has 2 N–H and O–H groups in total. The Morgan fingerprint density at radius 3 is 2.42 bits per heavy atom. The molecule has 2 aliphatic carbocycles. The van der Waals surface area contributed by atoms with Gasteiger partial charge in [0.2, 0.25) is 5.91 Å². The first-order chi connectivity index (χ1) is 11.5. The summed E-state index contributed by atoms with van der Waals surface area (Å²) in [6.07, 6.45) is 2.76. The van der Waals surface area contributed by atoms with Gasteiger partial charge in [-0.15, -0.1) is 0 Å². The van der Waals surface area contributed by atoms with Gasteiger partial charge in [-0.3, -0.25) is 9.59 Å². The number of carboxylic acids is 1. The molecule has 130 valence electrons. The summed E-state index contributed by atoms with van der Waals surface area (Å²) in [4.78, 5) is 24.1. The van der Waals surface area contributed by atoms with Gasteiger partial charge in [-0.25, -0.2) is 0 Å².